The summed E-state index contributed by atoms with van der Waals surface area (Å²) < 4.78 is 7.16. The Bertz CT molecular complexity index is 551. The maximum absolute atomic E-state index is 5.05. The molecule has 108 valence electrons. The van der Waals surface area contributed by atoms with Gasteiger partial charge in [-0.15, -0.1) is 0 Å². The zero-order valence-corrected chi connectivity index (χ0v) is 12.4. The van der Waals surface area contributed by atoms with Crippen molar-refractivity contribution >= 4 is 5.95 Å². The molecule has 5 nitrogen and oxygen atoms in total. The van der Waals surface area contributed by atoms with E-state index in [0.717, 1.165) is 36.8 Å². The van der Waals surface area contributed by atoms with Crippen LogP contribution in [0.25, 0.3) is 0 Å². The summed E-state index contributed by atoms with van der Waals surface area (Å²) in [6.45, 7) is 6.29. The quantitative estimate of drug-likeness (QED) is 0.787. The second-order valence-electron chi connectivity index (χ2n) is 4.72. The summed E-state index contributed by atoms with van der Waals surface area (Å²) in [6.07, 6.45) is 4.88. The minimum atomic E-state index is 0.662. The standard InChI is InChI=1S/C15H22N4O/c1-4-13-6-5-7-16-14(13)11-19-10-12(2)18-15(19)17-8-9-20-3/h5-7,10H,4,8-9,11H2,1-3H3,(H,17,18). The molecule has 1 N–H and O–H groups in total. The third kappa shape index (κ3) is 3.57. The van der Waals surface area contributed by atoms with Gasteiger partial charge in [-0.1, -0.05) is 13.0 Å². The lowest BCUT2D eigenvalue weighted by molar-refractivity contribution is 0.210. The van der Waals surface area contributed by atoms with Crippen LogP contribution < -0.4 is 5.32 Å². The molecule has 0 aromatic carbocycles. The molecule has 0 spiro atoms. The SMILES string of the molecule is CCc1cccnc1Cn1cc(C)nc1NCCOC. The van der Waals surface area contributed by atoms with Crippen LogP contribution in [0.15, 0.2) is 24.5 Å². The van der Waals surface area contributed by atoms with Crippen LogP contribution in [-0.4, -0.2) is 34.8 Å². The van der Waals surface area contributed by atoms with Crippen molar-refractivity contribution in [3.63, 3.8) is 0 Å². The van der Waals surface area contributed by atoms with Crippen molar-refractivity contribution in [1.29, 1.82) is 0 Å². The van der Waals surface area contributed by atoms with E-state index < -0.39 is 0 Å². The second-order valence-corrected chi connectivity index (χ2v) is 4.72. The largest absolute Gasteiger partial charge is 0.383 e. The van der Waals surface area contributed by atoms with Gasteiger partial charge in [-0.25, -0.2) is 4.98 Å². The number of aromatic nitrogens is 3. The number of anilines is 1. The highest BCUT2D eigenvalue weighted by Crippen LogP contribution is 2.13. The summed E-state index contributed by atoms with van der Waals surface area (Å²) in [5.74, 6) is 0.868. The van der Waals surface area contributed by atoms with Crippen LogP contribution in [0.4, 0.5) is 5.95 Å². The molecule has 0 unspecified atom stereocenters. The smallest absolute Gasteiger partial charge is 0.203 e. The molecule has 0 bridgehead atoms. The van der Waals surface area contributed by atoms with Gasteiger partial charge >= 0.3 is 0 Å². The maximum Gasteiger partial charge on any atom is 0.203 e. The van der Waals surface area contributed by atoms with Gasteiger partial charge in [-0.2, -0.15) is 0 Å². The molecule has 0 atom stereocenters. The molecule has 0 aliphatic heterocycles. The first-order valence-electron chi connectivity index (χ1n) is 6.94. The molecule has 2 aromatic heterocycles. The maximum atomic E-state index is 5.05. The van der Waals surface area contributed by atoms with Gasteiger partial charge in [0, 0.05) is 26.0 Å². The van der Waals surface area contributed by atoms with Crippen LogP contribution in [0, 0.1) is 6.92 Å². The lowest BCUT2D eigenvalue weighted by Crippen LogP contribution is -2.13. The van der Waals surface area contributed by atoms with Gasteiger partial charge in [0.15, 0.2) is 0 Å². The van der Waals surface area contributed by atoms with Crippen molar-refractivity contribution in [3.8, 4) is 0 Å². The Kier molecular flexibility index (Phi) is 5.12. The Balaban J connectivity index is 2.15. The molecule has 0 saturated heterocycles. The van der Waals surface area contributed by atoms with Gasteiger partial charge in [0.1, 0.15) is 0 Å². The van der Waals surface area contributed by atoms with E-state index in [-0.39, 0.29) is 0 Å². The zero-order valence-electron chi connectivity index (χ0n) is 12.4. The molecule has 0 aliphatic carbocycles. The van der Waals surface area contributed by atoms with E-state index in [1.807, 2.05) is 25.4 Å². The van der Waals surface area contributed by atoms with Gasteiger partial charge in [-0.3, -0.25) is 4.98 Å². The van der Waals surface area contributed by atoms with E-state index in [1.165, 1.54) is 5.56 Å². The number of aryl methyl sites for hydroxylation is 2. The minimum absolute atomic E-state index is 0.662. The Morgan fingerprint density at radius 3 is 3.00 bits per heavy atom. The molecule has 0 fully saturated rings. The van der Waals surface area contributed by atoms with Crippen molar-refractivity contribution in [3.05, 3.63) is 41.5 Å². The Labute approximate surface area is 120 Å². The molecule has 0 saturated carbocycles. The molecular weight excluding hydrogens is 252 g/mol. The number of imidazole rings is 1. The number of nitrogens with zero attached hydrogens (tertiary/aromatic N) is 3. The normalized spacial score (nSPS) is 10.8. The molecule has 5 heteroatoms. The van der Waals surface area contributed by atoms with Crippen molar-refractivity contribution in [2.24, 2.45) is 0 Å². The number of rotatable bonds is 7. The first kappa shape index (κ1) is 14.5. The second kappa shape index (κ2) is 7.05. The van der Waals surface area contributed by atoms with Crippen LogP contribution in [0.3, 0.4) is 0 Å². The molecule has 2 rings (SSSR count). The summed E-state index contributed by atoms with van der Waals surface area (Å²) >= 11 is 0. The minimum Gasteiger partial charge on any atom is -0.383 e. The number of nitrogens with one attached hydrogen (secondary N) is 1. The van der Waals surface area contributed by atoms with Crippen molar-refractivity contribution in [2.75, 3.05) is 25.6 Å². The Morgan fingerprint density at radius 1 is 1.40 bits per heavy atom. The van der Waals surface area contributed by atoms with Crippen molar-refractivity contribution < 1.29 is 4.74 Å². The third-order valence-corrected chi connectivity index (χ3v) is 3.17. The molecule has 0 radical (unpaired) electrons. The average Bonchev–Trinajstić information content (AvgIpc) is 2.80. The average molecular weight is 274 g/mol. The summed E-state index contributed by atoms with van der Waals surface area (Å²) in [5, 5.41) is 3.29. The van der Waals surface area contributed by atoms with E-state index in [2.05, 4.69) is 32.8 Å². The number of hydrogen-bond donors (Lipinski definition) is 1. The van der Waals surface area contributed by atoms with Crippen molar-refractivity contribution in [2.45, 2.75) is 26.8 Å². The third-order valence-electron chi connectivity index (χ3n) is 3.17. The van der Waals surface area contributed by atoms with Gasteiger partial charge < -0.3 is 14.6 Å². The van der Waals surface area contributed by atoms with Crippen LogP contribution >= 0.6 is 0 Å². The fourth-order valence-corrected chi connectivity index (χ4v) is 2.17. The summed E-state index contributed by atoms with van der Waals surface area (Å²) in [5.41, 5.74) is 3.38. The first-order valence-corrected chi connectivity index (χ1v) is 6.94. The Morgan fingerprint density at radius 2 is 2.25 bits per heavy atom. The molecule has 0 aliphatic rings. The van der Waals surface area contributed by atoms with E-state index in [0.29, 0.717) is 6.61 Å². The fourth-order valence-electron chi connectivity index (χ4n) is 2.17. The van der Waals surface area contributed by atoms with Gasteiger partial charge in [0.2, 0.25) is 5.95 Å². The predicted molar refractivity (Wildman–Crippen MR) is 80.0 cm³/mol. The first-order chi connectivity index (χ1) is 9.74. The highest BCUT2D eigenvalue weighted by atomic mass is 16.5. The summed E-state index contributed by atoms with van der Waals surface area (Å²) in [4.78, 5) is 8.99. The molecule has 20 heavy (non-hydrogen) atoms. The van der Waals surface area contributed by atoms with Gasteiger partial charge in [-0.05, 0) is 25.0 Å². The van der Waals surface area contributed by atoms with Crippen molar-refractivity contribution in [1.82, 2.24) is 14.5 Å². The monoisotopic (exact) mass is 274 g/mol. The van der Waals surface area contributed by atoms with E-state index in [4.69, 9.17) is 4.74 Å². The topological polar surface area (TPSA) is 52.0 Å². The Hall–Kier alpha value is -1.88. The molecule has 0 amide bonds. The van der Waals surface area contributed by atoms with E-state index >= 15 is 0 Å². The number of ether oxygens (including phenoxy) is 1. The summed E-state index contributed by atoms with van der Waals surface area (Å²) in [6, 6.07) is 4.11. The number of pyridine rings is 1. The number of methoxy groups -OCH3 is 1. The number of hydrogen-bond acceptors (Lipinski definition) is 4. The van der Waals surface area contributed by atoms with Gasteiger partial charge in [0.05, 0.1) is 24.5 Å². The zero-order chi connectivity index (χ0) is 14.4. The van der Waals surface area contributed by atoms with Crippen LogP contribution in [0.5, 0.6) is 0 Å². The van der Waals surface area contributed by atoms with Crippen LogP contribution in [0.1, 0.15) is 23.9 Å². The lowest BCUT2D eigenvalue weighted by Gasteiger charge is -2.11. The van der Waals surface area contributed by atoms with E-state index in [1.54, 1.807) is 7.11 Å². The molecule has 2 heterocycles. The predicted octanol–water partition coefficient (Wildman–Crippen LogP) is 2.26. The summed E-state index contributed by atoms with van der Waals surface area (Å²) in [7, 11) is 1.70. The van der Waals surface area contributed by atoms with Crippen LogP contribution in [-0.2, 0) is 17.7 Å². The fraction of sp³-hybridized carbons (Fsp3) is 0.467. The van der Waals surface area contributed by atoms with E-state index in [9.17, 15) is 0 Å². The highest BCUT2D eigenvalue weighted by Gasteiger charge is 2.08. The van der Waals surface area contributed by atoms with Crippen LogP contribution in [0.2, 0.25) is 0 Å². The lowest BCUT2D eigenvalue weighted by atomic mass is 10.1. The highest BCUT2D eigenvalue weighted by molar-refractivity contribution is 5.31. The van der Waals surface area contributed by atoms with Gasteiger partial charge in [0.25, 0.3) is 0 Å². The molecule has 2 aromatic rings. The molecular formula is C15H22N4O.